The normalized spacial score (nSPS) is 13.3. The van der Waals surface area contributed by atoms with Gasteiger partial charge in [0.05, 0.1) is 16.8 Å². The summed E-state index contributed by atoms with van der Waals surface area (Å²) in [5.41, 5.74) is 2.87. The fourth-order valence-corrected chi connectivity index (χ4v) is 6.88. The van der Waals surface area contributed by atoms with Gasteiger partial charge in [-0.2, -0.15) is 0 Å². The molecule has 6 nitrogen and oxygen atoms in total. The molecular weight excluding hydrogens is 448 g/mol. The maximum atomic E-state index is 13.7. The van der Waals surface area contributed by atoms with Crippen LogP contribution in [0, 0.1) is 0 Å². The van der Waals surface area contributed by atoms with Crippen molar-refractivity contribution in [3.63, 3.8) is 0 Å². The number of thioether (sulfide) groups is 1. The first-order chi connectivity index (χ1) is 15.1. The van der Waals surface area contributed by atoms with E-state index in [1.54, 1.807) is 15.9 Å². The fourth-order valence-electron chi connectivity index (χ4n) is 3.81. The lowest BCUT2D eigenvalue weighted by atomic mass is 9.97. The third kappa shape index (κ3) is 4.05. The van der Waals surface area contributed by atoms with Gasteiger partial charge in [-0.1, -0.05) is 30.0 Å². The van der Waals surface area contributed by atoms with Gasteiger partial charge in [-0.05, 0) is 43.4 Å². The maximum absolute atomic E-state index is 13.7. The number of nitrogens with one attached hydrogen (secondary N) is 1. The Morgan fingerprint density at radius 1 is 1.19 bits per heavy atom. The van der Waals surface area contributed by atoms with E-state index in [2.05, 4.69) is 10.3 Å². The number of carbonyl (C=O) groups is 1. The zero-order valence-corrected chi connectivity index (χ0v) is 19.3. The maximum Gasteiger partial charge on any atom is 0.267 e. The SMILES string of the molecule is CC(=O)Nc1nc(CSc2nc3sc4c(c3c(=O)n2-c2ccccc2)CCCC4)cs1. The molecule has 1 aromatic carbocycles. The van der Waals surface area contributed by atoms with E-state index in [1.807, 2.05) is 35.7 Å². The molecule has 3 aromatic heterocycles. The molecular formula is C22H20N4O2S3. The number of rotatable bonds is 5. The molecule has 0 radical (unpaired) electrons. The molecule has 0 saturated carbocycles. The first-order valence-corrected chi connectivity index (χ1v) is 12.8. The van der Waals surface area contributed by atoms with E-state index in [9.17, 15) is 9.59 Å². The Balaban J connectivity index is 1.57. The first kappa shape index (κ1) is 20.4. The Labute approximate surface area is 191 Å². The average molecular weight is 469 g/mol. The molecule has 3 heterocycles. The number of aromatic nitrogens is 3. The number of hydrogen-bond acceptors (Lipinski definition) is 7. The first-order valence-electron chi connectivity index (χ1n) is 10.1. The van der Waals surface area contributed by atoms with Crippen LogP contribution < -0.4 is 10.9 Å². The molecule has 9 heteroatoms. The number of fused-ring (bicyclic) bond motifs is 3. The zero-order valence-electron chi connectivity index (χ0n) is 16.9. The number of thiazole rings is 1. The van der Waals surface area contributed by atoms with Gasteiger partial charge < -0.3 is 5.32 Å². The molecule has 4 aromatic rings. The lowest BCUT2D eigenvalue weighted by molar-refractivity contribution is -0.114. The molecule has 1 aliphatic carbocycles. The summed E-state index contributed by atoms with van der Waals surface area (Å²) in [6.45, 7) is 1.47. The van der Waals surface area contributed by atoms with Crippen molar-refractivity contribution in [3.8, 4) is 5.69 Å². The number of benzene rings is 1. The summed E-state index contributed by atoms with van der Waals surface area (Å²) < 4.78 is 1.73. The van der Waals surface area contributed by atoms with E-state index >= 15 is 0 Å². The van der Waals surface area contributed by atoms with Crippen molar-refractivity contribution in [2.75, 3.05) is 5.32 Å². The van der Waals surface area contributed by atoms with Crippen LogP contribution in [0.5, 0.6) is 0 Å². The van der Waals surface area contributed by atoms with Crippen LogP contribution in [0.15, 0.2) is 45.7 Å². The lowest BCUT2D eigenvalue weighted by Crippen LogP contribution is -2.22. The van der Waals surface area contributed by atoms with Crippen LogP contribution in [0.1, 0.15) is 35.9 Å². The van der Waals surface area contributed by atoms with Crippen molar-refractivity contribution in [1.82, 2.24) is 14.5 Å². The molecule has 0 unspecified atom stereocenters. The highest BCUT2D eigenvalue weighted by molar-refractivity contribution is 7.98. The highest BCUT2D eigenvalue weighted by Gasteiger charge is 2.23. The number of hydrogen-bond donors (Lipinski definition) is 1. The summed E-state index contributed by atoms with van der Waals surface area (Å²) in [7, 11) is 0. The highest BCUT2D eigenvalue weighted by atomic mass is 32.2. The van der Waals surface area contributed by atoms with E-state index in [0.717, 1.165) is 40.9 Å². The second-order valence-electron chi connectivity index (χ2n) is 7.38. The van der Waals surface area contributed by atoms with E-state index in [-0.39, 0.29) is 11.5 Å². The van der Waals surface area contributed by atoms with Gasteiger partial charge in [0.15, 0.2) is 10.3 Å². The van der Waals surface area contributed by atoms with Crippen LogP contribution in [0.4, 0.5) is 5.13 Å². The number of carbonyl (C=O) groups excluding carboxylic acids is 1. The third-order valence-electron chi connectivity index (χ3n) is 5.16. The van der Waals surface area contributed by atoms with Gasteiger partial charge in [-0.3, -0.25) is 14.2 Å². The minimum absolute atomic E-state index is 0.00955. The molecule has 0 bridgehead atoms. The quantitative estimate of drug-likeness (QED) is 0.328. The lowest BCUT2D eigenvalue weighted by Gasteiger charge is -2.13. The Kier molecular flexibility index (Phi) is 5.64. The minimum Gasteiger partial charge on any atom is -0.302 e. The summed E-state index contributed by atoms with van der Waals surface area (Å²) in [5.74, 6) is 0.423. The standard InChI is InChI=1S/C22H20N4O2S3/c1-13(27)23-21-24-14(11-29-21)12-30-22-25-19-18(16-9-5-6-10-17(16)31-19)20(28)26(22)15-7-3-2-4-8-15/h2-4,7-8,11H,5-6,9-10,12H2,1H3,(H,23,24,27). The van der Waals surface area contributed by atoms with Crippen LogP contribution in [-0.4, -0.2) is 20.4 Å². The predicted octanol–water partition coefficient (Wildman–Crippen LogP) is 5.03. The van der Waals surface area contributed by atoms with Crippen molar-refractivity contribution >= 4 is 55.7 Å². The summed E-state index contributed by atoms with van der Waals surface area (Å²) in [5, 5.41) is 6.67. The van der Waals surface area contributed by atoms with Gasteiger partial charge >= 0.3 is 0 Å². The predicted molar refractivity (Wildman–Crippen MR) is 128 cm³/mol. The molecule has 0 spiro atoms. The van der Waals surface area contributed by atoms with Gasteiger partial charge in [0, 0.05) is 22.9 Å². The van der Waals surface area contributed by atoms with Crippen LogP contribution in [-0.2, 0) is 23.4 Å². The molecule has 0 fully saturated rings. The monoisotopic (exact) mass is 468 g/mol. The molecule has 5 rings (SSSR count). The fraction of sp³-hybridized carbons (Fsp3) is 0.273. The Morgan fingerprint density at radius 2 is 2.00 bits per heavy atom. The zero-order chi connectivity index (χ0) is 21.4. The summed E-state index contributed by atoms with van der Waals surface area (Å²) in [6, 6.07) is 9.69. The number of aryl methyl sites for hydroxylation is 2. The van der Waals surface area contributed by atoms with Gasteiger partial charge in [-0.15, -0.1) is 22.7 Å². The van der Waals surface area contributed by atoms with E-state index in [4.69, 9.17) is 4.98 Å². The Hall–Kier alpha value is -2.49. The average Bonchev–Trinajstić information content (AvgIpc) is 3.36. The number of anilines is 1. The van der Waals surface area contributed by atoms with Crippen molar-refractivity contribution in [2.24, 2.45) is 0 Å². The molecule has 1 amide bonds. The van der Waals surface area contributed by atoms with Crippen LogP contribution >= 0.6 is 34.4 Å². The van der Waals surface area contributed by atoms with Crippen LogP contribution in [0.2, 0.25) is 0 Å². The third-order valence-corrected chi connectivity index (χ3v) is 8.12. The smallest absolute Gasteiger partial charge is 0.267 e. The molecule has 1 aliphatic rings. The Morgan fingerprint density at radius 3 is 2.81 bits per heavy atom. The van der Waals surface area contributed by atoms with Crippen molar-refractivity contribution < 1.29 is 4.79 Å². The van der Waals surface area contributed by atoms with Crippen molar-refractivity contribution in [2.45, 2.75) is 43.5 Å². The topological polar surface area (TPSA) is 76.9 Å². The second-order valence-corrected chi connectivity index (χ2v) is 10.3. The largest absolute Gasteiger partial charge is 0.302 e. The summed E-state index contributed by atoms with van der Waals surface area (Å²) in [6.07, 6.45) is 4.29. The number of thiophene rings is 1. The number of para-hydroxylation sites is 1. The Bertz CT molecular complexity index is 1320. The van der Waals surface area contributed by atoms with Crippen LogP contribution in [0.25, 0.3) is 15.9 Å². The van der Waals surface area contributed by atoms with Gasteiger partial charge in [0.2, 0.25) is 5.91 Å². The molecule has 1 N–H and O–H groups in total. The molecule has 0 atom stereocenters. The molecule has 158 valence electrons. The van der Waals surface area contributed by atoms with Crippen molar-refractivity contribution in [1.29, 1.82) is 0 Å². The van der Waals surface area contributed by atoms with E-state index < -0.39 is 0 Å². The molecule has 0 saturated heterocycles. The number of nitrogens with zero attached hydrogens (tertiary/aromatic N) is 3. The molecule has 31 heavy (non-hydrogen) atoms. The van der Waals surface area contributed by atoms with E-state index in [0.29, 0.717) is 16.0 Å². The van der Waals surface area contributed by atoms with Crippen molar-refractivity contribution in [3.05, 3.63) is 62.2 Å². The van der Waals surface area contributed by atoms with Gasteiger partial charge in [0.1, 0.15) is 4.83 Å². The number of amides is 1. The van der Waals surface area contributed by atoms with E-state index in [1.165, 1.54) is 46.9 Å². The summed E-state index contributed by atoms with van der Waals surface area (Å²) >= 11 is 4.55. The minimum atomic E-state index is -0.139. The van der Waals surface area contributed by atoms with Gasteiger partial charge in [0.25, 0.3) is 5.56 Å². The second kappa shape index (κ2) is 8.57. The van der Waals surface area contributed by atoms with Crippen LogP contribution in [0.3, 0.4) is 0 Å². The highest BCUT2D eigenvalue weighted by Crippen LogP contribution is 2.35. The van der Waals surface area contributed by atoms with Gasteiger partial charge in [-0.25, -0.2) is 9.97 Å². The molecule has 0 aliphatic heterocycles. The summed E-state index contributed by atoms with van der Waals surface area (Å²) in [4.78, 5) is 36.5.